The molecular formula is C12H19NO4. The fourth-order valence-electron chi connectivity index (χ4n) is 1.19. The summed E-state index contributed by atoms with van der Waals surface area (Å²) in [6, 6.07) is 0. The van der Waals surface area contributed by atoms with E-state index >= 15 is 0 Å². The Kier molecular flexibility index (Phi) is 7.67. The highest BCUT2D eigenvalue weighted by atomic mass is 16.4. The maximum Gasteiger partial charge on any atom is 0.330 e. The molecule has 0 saturated heterocycles. The number of rotatable bonds is 8. The van der Waals surface area contributed by atoms with Gasteiger partial charge in [0.15, 0.2) is 0 Å². The largest absolute Gasteiger partial charge is 0.478 e. The molecule has 0 heterocycles. The number of carbonyl (C=O) groups excluding carboxylic acids is 2. The number of carboxylic acid groups (broad SMARTS) is 1. The van der Waals surface area contributed by atoms with Gasteiger partial charge in [-0.1, -0.05) is 6.08 Å². The van der Waals surface area contributed by atoms with Crippen molar-refractivity contribution in [3.05, 3.63) is 11.6 Å². The first-order valence-electron chi connectivity index (χ1n) is 5.59. The van der Waals surface area contributed by atoms with E-state index in [9.17, 15) is 14.4 Å². The van der Waals surface area contributed by atoms with Crippen LogP contribution in [0.15, 0.2) is 11.6 Å². The molecule has 0 aliphatic rings. The summed E-state index contributed by atoms with van der Waals surface area (Å²) in [5.41, 5.74) is 0.339. The van der Waals surface area contributed by atoms with Crippen LogP contribution in [0.2, 0.25) is 0 Å². The molecule has 0 saturated carbocycles. The van der Waals surface area contributed by atoms with E-state index in [-0.39, 0.29) is 18.1 Å². The zero-order valence-corrected chi connectivity index (χ0v) is 10.3. The first kappa shape index (κ1) is 15.3. The molecule has 0 fully saturated rings. The quantitative estimate of drug-likeness (QED) is 0.381. The van der Waals surface area contributed by atoms with Gasteiger partial charge in [-0.25, -0.2) is 4.79 Å². The van der Waals surface area contributed by atoms with Crippen molar-refractivity contribution >= 4 is 17.7 Å². The zero-order chi connectivity index (χ0) is 13.3. The average Bonchev–Trinajstić information content (AvgIpc) is 2.21. The highest BCUT2D eigenvalue weighted by Gasteiger charge is 2.03. The van der Waals surface area contributed by atoms with Gasteiger partial charge in [0.05, 0.1) is 6.42 Å². The number of amides is 1. The first-order chi connectivity index (χ1) is 7.93. The van der Waals surface area contributed by atoms with Crippen molar-refractivity contribution in [1.82, 2.24) is 5.32 Å². The number of carbonyl (C=O) groups is 3. The molecule has 96 valence electrons. The van der Waals surface area contributed by atoms with E-state index in [1.54, 1.807) is 13.0 Å². The number of allylic oxidation sites excluding steroid dienone is 1. The zero-order valence-electron chi connectivity index (χ0n) is 10.3. The molecule has 0 aliphatic heterocycles. The van der Waals surface area contributed by atoms with Crippen LogP contribution >= 0.6 is 0 Å². The van der Waals surface area contributed by atoms with Crippen molar-refractivity contribution in [2.45, 2.75) is 39.5 Å². The van der Waals surface area contributed by atoms with Crippen molar-refractivity contribution in [2.75, 3.05) is 6.54 Å². The maximum absolute atomic E-state index is 11.1. The molecule has 0 rings (SSSR count). The van der Waals surface area contributed by atoms with E-state index in [1.807, 2.05) is 0 Å². The number of aliphatic carboxylic acids is 1. The van der Waals surface area contributed by atoms with Crippen LogP contribution in [0, 0.1) is 0 Å². The van der Waals surface area contributed by atoms with Gasteiger partial charge in [-0.3, -0.25) is 9.59 Å². The molecular weight excluding hydrogens is 222 g/mol. The number of hydrogen-bond acceptors (Lipinski definition) is 3. The van der Waals surface area contributed by atoms with E-state index in [1.165, 1.54) is 6.92 Å². The lowest BCUT2D eigenvalue weighted by Gasteiger charge is -2.02. The number of Topliss-reactive ketones (excluding diaryl/α,β-unsaturated/α-hetero) is 1. The number of carboxylic acids is 1. The summed E-state index contributed by atoms with van der Waals surface area (Å²) in [6.45, 7) is 3.45. The van der Waals surface area contributed by atoms with Gasteiger partial charge in [0, 0.05) is 12.1 Å². The summed E-state index contributed by atoms with van der Waals surface area (Å²) in [4.78, 5) is 32.1. The second kappa shape index (κ2) is 8.50. The Balaban J connectivity index is 3.53. The monoisotopic (exact) mass is 241 g/mol. The van der Waals surface area contributed by atoms with E-state index < -0.39 is 5.97 Å². The smallest absolute Gasteiger partial charge is 0.330 e. The molecule has 0 unspecified atom stereocenters. The van der Waals surface area contributed by atoms with Gasteiger partial charge >= 0.3 is 5.97 Å². The van der Waals surface area contributed by atoms with Gasteiger partial charge in [-0.15, -0.1) is 0 Å². The summed E-state index contributed by atoms with van der Waals surface area (Å²) < 4.78 is 0. The van der Waals surface area contributed by atoms with Gasteiger partial charge in [-0.2, -0.15) is 0 Å². The Labute approximate surface area is 101 Å². The number of hydrogen-bond donors (Lipinski definition) is 2. The number of ketones is 1. The summed E-state index contributed by atoms with van der Waals surface area (Å²) in [5, 5.41) is 11.2. The molecule has 0 bridgehead atoms. The Morgan fingerprint density at radius 2 is 1.82 bits per heavy atom. The average molecular weight is 241 g/mol. The standard InChI is InChI=1S/C12H19NO4/c1-9(12(16)17)6-4-3-5-7-13-11(15)8-10(2)14/h6H,3-5,7-8H2,1-2H3,(H,13,15)(H,16,17). The Hall–Kier alpha value is -1.65. The Morgan fingerprint density at radius 3 is 2.35 bits per heavy atom. The Bertz CT molecular complexity index is 320. The van der Waals surface area contributed by atoms with Gasteiger partial charge < -0.3 is 10.4 Å². The SMILES string of the molecule is CC(=O)CC(=O)NCCCCC=C(C)C(=O)O. The van der Waals surface area contributed by atoms with Crippen LogP contribution in [0.4, 0.5) is 0 Å². The van der Waals surface area contributed by atoms with Gasteiger partial charge in [0.1, 0.15) is 5.78 Å². The number of nitrogens with one attached hydrogen (secondary N) is 1. The van der Waals surface area contributed by atoms with Crippen LogP contribution < -0.4 is 5.32 Å². The van der Waals surface area contributed by atoms with Crippen LogP contribution in [0.3, 0.4) is 0 Å². The molecule has 0 aromatic heterocycles. The van der Waals surface area contributed by atoms with E-state index in [0.29, 0.717) is 18.5 Å². The second-order valence-corrected chi connectivity index (χ2v) is 3.92. The fraction of sp³-hybridized carbons (Fsp3) is 0.583. The summed E-state index contributed by atoms with van der Waals surface area (Å²) in [5.74, 6) is -1.31. The fourth-order valence-corrected chi connectivity index (χ4v) is 1.19. The van der Waals surface area contributed by atoms with Crippen molar-refractivity contribution in [1.29, 1.82) is 0 Å². The molecule has 0 aromatic rings. The predicted octanol–water partition coefficient (Wildman–Crippen LogP) is 1.28. The second-order valence-electron chi connectivity index (χ2n) is 3.92. The van der Waals surface area contributed by atoms with E-state index in [0.717, 1.165) is 12.8 Å². The van der Waals surface area contributed by atoms with Gasteiger partial charge in [0.25, 0.3) is 0 Å². The van der Waals surface area contributed by atoms with Gasteiger partial charge in [-0.05, 0) is 33.1 Å². The van der Waals surface area contributed by atoms with Crippen molar-refractivity contribution in [3.63, 3.8) is 0 Å². The van der Waals surface area contributed by atoms with Crippen LogP contribution in [0.25, 0.3) is 0 Å². The minimum Gasteiger partial charge on any atom is -0.478 e. The predicted molar refractivity (Wildman–Crippen MR) is 63.6 cm³/mol. The lowest BCUT2D eigenvalue weighted by atomic mass is 10.2. The van der Waals surface area contributed by atoms with E-state index in [4.69, 9.17) is 5.11 Å². The van der Waals surface area contributed by atoms with Crippen molar-refractivity contribution < 1.29 is 19.5 Å². The minimum absolute atomic E-state index is 0.0714. The topological polar surface area (TPSA) is 83.5 Å². The lowest BCUT2D eigenvalue weighted by Crippen LogP contribution is -2.25. The molecule has 0 spiro atoms. The summed E-state index contributed by atoms with van der Waals surface area (Å²) in [7, 11) is 0. The highest BCUT2D eigenvalue weighted by molar-refractivity contribution is 5.96. The normalized spacial score (nSPS) is 11.1. The first-order valence-corrected chi connectivity index (χ1v) is 5.59. The highest BCUT2D eigenvalue weighted by Crippen LogP contribution is 2.00. The van der Waals surface area contributed by atoms with E-state index in [2.05, 4.69) is 5.32 Å². The summed E-state index contributed by atoms with van der Waals surface area (Å²) in [6.07, 6.45) is 3.86. The Morgan fingerprint density at radius 1 is 1.18 bits per heavy atom. The van der Waals surface area contributed by atoms with Crippen LogP contribution in [0.1, 0.15) is 39.5 Å². The number of unbranched alkanes of at least 4 members (excludes halogenated alkanes) is 2. The van der Waals surface area contributed by atoms with Crippen LogP contribution in [-0.4, -0.2) is 29.3 Å². The maximum atomic E-state index is 11.1. The molecule has 1 amide bonds. The lowest BCUT2D eigenvalue weighted by molar-refractivity contribution is -0.132. The molecule has 17 heavy (non-hydrogen) atoms. The molecule has 0 aromatic carbocycles. The minimum atomic E-state index is -0.903. The molecule has 5 heteroatoms. The molecule has 2 N–H and O–H groups in total. The van der Waals surface area contributed by atoms with Crippen LogP contribution in [0.5, 0.6) is 0 Å². The molecule has 5 nitrogen and oxygen atoms in total. The van der Waals surface area contributed by atoms with Gasteiger partial charge in [0.2, 0.25) is 5.91 Å². The molecule has 0 radical (unpaired) electrons. The third kappa shape index (κ3) is 9.29. The third-order valence-electron chi connectivity index (χ3n) is 2.15. The summed E-state index contributed by atoms with van der Waals surface area (Å²) >= 11 is 0. The van der Waals surface area contributed by atoms with Crippen molar-refractivity contribution in [3.8, 4) is 0 Å². The van der Waals surface area contributed by atoms with Crippen LogP contribution in [-0.2, 0) is 14.4 Å². The third-order valence-corrected chi connectivity index (χ3v) is 2.15. The van der Waals surface area contributed by atoms with Crippen molar-refractivity contribution in [2.24, 2.45) is 0 Å². The molecule has 0 aliphatic carbocycles. The molecule has 0 atom stereocenters.